The van der Waals surface area contributed by atoms with Gasteiger partial charge in [-0.15, -0.1) is 0 Å². The summed E-state index contributed by atoms with van der Waals surface area (Å²) in [5, 5.41) is 0. The topological polar surface area (TPSA) is 85.3 Å². The van der Waals surface area contributed by atoms with Crippen LogP contribution in [0.1, 0.15) is 196 Å². The molecule has 0 fully saturated rings. The van der Waals surface area contributed by atoms with Gasteiger partial charge in [0.1, 0.15) is 28.9 Å². The van der Waals surface area contributed by atoms with Gasteiger partial charge >= 0.3 is 0 Å². The van der Waals surface area contributed by atoms with Crippen LogP contribution in [0.5, 0.6) is 0 Å². The molecule has 0 amide bonds. The zero-order valence-corrected chi connectivity index (χ0v) is 36.7. The number of carbonyl (C=O) groups excluding carboxylic acids is 5. The maximum atomic E-state index is 11.1. The predicted octanol–water partition coefficient (Wildman–Crippen LogP) is 12.8. The van der Waals surface area contributed by atoms with Crippen molar-refractivity contribution in [2.45, 2.75) is 196 Å². The fraction of sp³-hybridized carbons (Fsp3) is 0.886. The van der Waals surface area contributed by atoms with Crippen LogP contribution in [0.15, 0.2) is 0 Å². The van der Waals surface area contributed by atoms with E-state index in [2.05, 4.69) is 111 Å². The minimum atomic E-state index is 0.215. The fourth-order valence-electron chi connectivity index (χ4n) is 4.34. The minimum absolute atomic E-state index is 0.215. The summed E-state index contributed by atoms with van der Waals surface area (Å²) in [4.78, 5) is 55.2. The summed E-state index contributed by atoms with van der Waals surface area (Å²) in [6.45, 7) is 41.2. The average molecular weight is 697 g/mol. The third-order valence-electron chi connectivity index (χ3n) is 6.68. The van der Waals surface area contributed by atoms with Gasteiger partial charge in [-0.25, -0.2) is 0 Å². The summed E-state index contributed by atoms with van der Waals surface area (Å²) in [5.41, 5.74) is 0. The molecule has 0 saturated heterocycles. The number of Topliss-reactive ketones (excluding diaryl/α,β-unsaturated/α-hetero) is 5. The lowest BCUT2D eigenvalue weighted by atomic mass is 9.99. The Morgan fingerprint density at radius 2 is 0.490 bits per heavy atom. The molecule has 0 spiro atoms. The molecule has 0 aromatic rings. The number of ketones is 5. The lowest BCUT2D eigenvalue weighted by Crippen LogP contribution is -2.09. The molecule has 0 heterocycles. The smallest absolute Gasteiger partial charge is 0.135 e. The van der Waals surface area contributed by atoms with Crippen LogP contribution in [0, 0.1) is 59.2 Å². The third-order valence-corrected chi connectivity index (χ3v) is 6.68. The van der Waals surface area contributed by atoms with E-state index in [1.807, 2.05) is 27.7 Å². The van der Waals surface area contributed by atoms with E-state index in [0.29, 0.717) is 76.3 Å². The van der Waals surface area contributed by atoms with Gasteiger partial charge in [-0.1, -0.05) is 138 Å². The summed E-state index contributed by atoms with van der Waals surface area (Å²) in [6, 6.07) is 0. The Labute approximate surface area is 307 Å². The predicted molar refractivity (Wildman–Crippen MR) is 215 cm³/mol. The van der Waals surface area contributed by atoms with E-state index < -0.39 is 0 Å². The van der Waals surface area contributed by atoms with Crippen LogP contribution in [0.25, 0.3) is 0 Å². The van der Waals surface area contributed by atoms with Crippen molar-refractivity contribution in [2.75, 3.05) is 0 Å². The molecule has 49 heavy (non-hydrogen) atoms. The van der Waals surface area contributed by atoms with E-state index in [9.17, 15) is 24.0 Å². The van der Waals surface area contributed by atoms with Gasteiger partial charge in [-0.05, 0) is 53.8 Å². The molecule has 0 saturated carbocycles. The quantitative estimate of drug-likeness (QED) is 0.134. The van der Waals surface area contributed by atoms with Gasteiger partial charge in [0, 0.05) is 63.2 Å². The Kier molecular flexibility index (Phi) is 40.3. The Morgan fingerprint density at radius 3 is 0.612 bits per heavy atom. The molecule has 0 aromatic heterocycles. The maximum absolute atomic E-state index is 11.1. The van der Waals surface area contributed by atoms with E-state index in [4.69, 9.17) is 0 Å². The van der Waals surface area contributed by atoms with Crippen molar-refractivity contribution >= 4 is 28.9 Å². The fourth-order valence-corrected chi connectivity index (χ4v) is 4.34. The molecule has 0 aliphatic heterocycles. The van der Waals surface area contributed by atoms with Gasteiger partial charge in [-0.3, -0.25) is 24.0 Å². The molecule has 5 nitrogen and oxygen atoms in total. The number of carbonyl (C=O) groups is 5. The van der Waals surface area contributed by atoms with Crippen molar-refractivity contribution in [3.05, 3.63) is 0 Å². The van der Waals surface area contributed by atoms with E-state index in [0.717, 1.165) is 57.8 Å². The molecule has 0 bridgehead atoms. The van der Waals surface area contributed by atoms with Crippen LogP contribution in [-0.2, 0) is 24.0 Å². The van der Waals surface area contributed by atoms with E-state index in [-0.39, 0.29) is 11.8 Å². The first-order valence-corrected chi connectivity index (χ1v) is 19.7. The first kappa shape index (κ1) is 56.7. The Morgan fingerprint density at radius 1 is 0.286 bits per heavy atom. The Bertz CT molecular complexity index is 724. The molecule has 0 aliphatic carbocycles. The highest BCUT2D eigenvalue weighted by Gasteiger charge is 2.10. The van der Waals surface area contributed by atoms with Crippen LogP contribution < -0.4 is 0 Å². The SMILES string of the molecule is CC(C)CC(=O)C(C)C.CC(C)CC(=O)CC(C)C.CC(C)CC(=O)CC(C)C.CC(C)CC(=O)CC(C)C.CC(C)CCC(=O)C(C)C. The molecule has 0 atom stereocenters. The van der Waals surface area contributed by atoms with Crippen LogP contribution in [-0.4, -0.2) is 28.9 Å². The van der Waals surface area contributed by atoms with E-state index >= 15 is 0 Å². The molecule has 5 heteroatoms. The van der Waals surface area contributed by atoms with Crippen LogP contribution in [0.2, 0.25) is 0 Å². The van der Waals surface area contributed by atoms with E-state index in [1.165, 1.54) is 0 Å². The molecule has 0 aromatic carbocycles. The highest BCUT2D eigenvalue weighted by Crippen LogP contribution is 2.10. The molecule has 0 radical (unpaired) electrons. The van der Waals surface area contributed by atoms with Crippen molar-refractivity contribution in [3.8, 4) is 0 Å². The number of rotatable bonds is 19. The molecule has 0 unspecified atom stereocenters. The van der Waals surface area contributed by atoms with Crippen LogP contribution in [0.4, 0.5) is 0 Å². The zero-order chi connectivity index (χ0) is 40.0. The highest BCUT2D eigenvalue weighted by atomic mass is 16.1. The summed E-state index contributed by atoms with van der Waals surface area (Å²) >= 11 is 0. The summed E-state index contributed by atoms with van der Waals surface area (Å²) in [6.07, 6.45) is 7.02. The third kappa shape index (κ3) is 58.9. The molecular formula is C44H88O5. The van der Waals surface area contributed by atoms with Crippen LogP contribution >= 0.6 is 0 Å². The van der Waals surface area contributed by atoms with Crippen molar-refractivity contribution < 1.29 is 24.0 Å². The molecular weight excluding hydrogens is 608 g/mol. The van der Waals surface area contributed by atoms with E-state index in [1.54, 1.807) is 0 Å². The van der Waals surface area contributed by atoms with Crippen molar-refractivity contribution in [2.24, 2.45) is 59.2 Å². The first-order chi connectivity index (χ1) is 22.1. The number of hydrogen-bond acceptors (Lipinski definition) is 5. The summed E-state index contributed by atoms with van der Waals surface area (Å²) in [5.74, 6) is 6.72. The Balaban J connectivity index is -0.000000165. The second-order valence-electron chi connectivity index (χ2n) is 18.0. The van der Waals surface area contributed by atoms with Crippen molar-refractivity contribution in [3.63, 3.8) is 0 Å². The standard InChI is InChI=1S/4C9H18O.C8H16O/c3*1-7(2)5-9(10)6-8(3)4;1-7(2)5-6-9(10)8(3)4;1-6(2)5-8(9)7(3)4/h4*7-8H,5-6H2,1-4H3;6-7H,5H2,1-4H3. The number of hydrogen-bond donors (Lipinski definition) is 0. The second kappa shape index (κ2) is 34.8. The van der Waals surface area contributed by atoms with Crippen LogP contribution in [0.3, 0.4) is 0 Å². The summed E-state index contributed by atoms with van der Waals surface area (Å²) < 4.78 is 0. The second-order valence-corrected chi connectivity index (χ2v) is 18.0. The van der Waals surface area contributed by atoms with Gasteiger partial charge in [0.15, 0.2) is 0 Å². The molecule has 0 aliphatic rings. The van der Waals surface area contributed by atoms with Gasteiger partial charge in [0.25, 0.3) is 0 Å². The highest BCUT2D eigenvalue weighted by molar-refractivity contribution is 5.81. The molecule has 0 rings (SSSR count). The van der Waals surface area contributed by atoms with Crippen molar-refractivity contribution in [1.29, 1.82) is 0 Å². The lowest BCUT2D eigenvalue weighted by molar-refractivity contribution is -0.123. The zero-order valence-electron chi connectivity index (χ0n) is 36.7. The normalized spacial score (nSPS) is 11.0. The van der Waals surface area contributed by atoms with Gasteiger partial charge in [0.2, 0.25) is 0 Å². The van der Waals surface area contributed by atoms with Gasteiger partial charge in [-0.2, -0.15) is 0 Å². The van der Waals surface area contributed by atoms with Gasteiger partial charge in [0.05, 0.1) is 0 Å². The first-order valence-electron chi connectivity index (χ1n) is 19.7. The average Bonchev–Trinajstić information content (AvgIpc) is 2.85. The summed E-state index contributed by atoms with van der Waals surface area (Å²) in [7, 11) is 0. The Hall–Kier alpha value is -1.65. The monoisotopic (exact) mass is 697 g/mol. The minimum Gasteiger partial charge on any atom is -0.300 e. The van der Waals surface area contributed by atoms with Crippen molar-refractivity contribution in [1.82, 2.24) is 0 Å². The van der Waals surface area contributed by atoms with Gasteiger partial charge < -0.3 is 0 Å². The largest absolute Gasteiger partial charge is 0.300 e. The maximum Gasteiger partial charge on any atom is 0.135 e. The molecule has 294 valence electrons. The lowest BCUT2D eigenvalue weighted by Gasteiger charge is -2.05. The molecule has 0 N–H and O–H groups in total.